The molecule has 1 aliphatic carbocycles. The van der Waals surface area contributed by atoms with Gasteiger partial charge in [-0.1, -0.05) is 0 Å². The first kappa shape index (κ1) is 10.3. The molecule has 0 saturated heterocycles. The molecular formula is C13H15N3O. The van der Waals surface area contributed by atoms with Gasteiger partial charge < -0.3 is 4.57 Å². The van der Waals surface area contributed by atoms with E-state index in [-0.39, 0.29) is 5.78 Å². The number of carbonyl (C=O) groups is 1. The minimum absolute atomic E-state index is 0.275. The zero-order valence-corrected chi connectivity index (χ0v) is 10.1. The van der Waals surface area contributed by atoms with Crippen LogP contribution >= 0.6 is 0 Å². The van der Waals surface area contributed by atoms with Gasteiger partial charge in [0, 0.05) is 36.6 Å². The van der Waals surface area contributed by atoms with Crippen LogP contribution in [0.1, 0.15) is 34.6 Å². The van der Waals surface area contributed by atoms with E-state index in [1.165, 1.54) is 0 Å². The fourth-order valence-electron chi connectivity index (χ4n) is 2.61. The van der Waals surface area contributed by atoms with Crippen molar-refractivity contribution in [1.29, 1.82) is 0 Å². The molecular weight excluding hydrogens is 214 g/mol. The summed E-state index contributed by atoms with van der Waals surface area (Å²) in [5, 5.41) is 4.19. The predicted octanol–water partition coefficient (Wildman–Crippen LogP) is 2.04. The molecule has 4 nitrogen and oxygen atoms in total. The zero-order valence-electron chi connectivity index (χ0n) is 10.1. The number of hydrogen-bond acceptors (Lipinski definition) is 2. The molecule has 4 heteroatoms. The molecule has 0 amide bonds. The van der Waals surface area contributed by atoms with Crippen LogP contribution in [0.15, 0.2) is 18.5 Å². The van der Waals surface area contributed by atoms with Gasteiger partial charge in [-0.15, -0.1) is 0 Å². The summed E-state index contributed by atoms with van der Waals surface area (Å²) >= 11 is 0. The van der Waals surface area contributed by atoms with Crippen molar-refractivity contribution in [2.24, 2.45) is 7.05 Å². The Morgan fingerprint density at radius 2 is 2.18 bits per heavy atom. The maximum atomic E-state index is 11.9. The van der Waals surface area contributed by atoms with Crippen molar-refractivity contribution in [3.63, 3.8) is 0 Å². The first-order valence-electron chi connectivity index (χ1n) is 5.90. The lowest BCUT2D eigenvalue weighted by Gasteiger charge is -2.14. The van der Waals surface area contributed by atoms with Gasteiger partial charge in [-0.05, 0) is 25.8 Å². The van der Waals surface area contributed by atoms with Gasteiger partial charge in [0.1, 0.15) is 0 Å². The van der Waals surface area contributed by atoms with Crippen LogP contribution in [0.4, 0.5) is 0 Å². The van der Waals surface area contributed by atoms with Gasteiger partial charge in [-0.3, -0.25) is 9.48 Å². The van der Waals surface area contributed by atoms with Crippen LogP contribution in [-0.4, -0.2) is 20.1 Å². The minimum atomic E-state index is 0.275. The maximum absolute atomic E-state index is 11.9. The Hall–Kier alpha value is -1.84. The fraction of sp³-hybridized carbons (Fsp3) is 0.385. The molecule has 0 spiro atoms. The van der Waals surface area contributed by atoms with Crippen molar-refractivity contribution >= 4 is 5.78 Å². The first-order valence-corrected chi connectivity index (χ1v) is 5.90. The first-order chi connectivity index (χ1) is 8.16. The van der Waals surface area contributed by atoms with Gasteiger partial charge in [0.25, 0.3) is 0 Å². The largest absolute Gasteiger partial charge is 0.315 e. The summed E-state index contributed by atoms with van der Waals surface area (Å²) < 4.78 is 3.94. The molecule has 0 fully saturated rings. The van der Waals surface area contributed by atoms with Gasteiger partial charge in [0.05, 0.1) is 11.9 Å². The Morgan fingerprint density at radius 1 is 1.35 bits per heavy atom. The molecule has 2 aromatic heterocycles. The Bertz CT molecular complexity index is 592. The number of fused-ring (bicyclic) bond motifs is 1. The lowest BCUT2D eigenvalue weighted by Crippen LogP contribution is -2.12. The number of Topliss-reactive ketones (excluding diaryl/α,β-unsaturated/α-hetero) is 1. The van der Waals surface area contributed by atoms with Crippen molar-refractivity contribution in [1.82, 2.24) is 14.3 Å². The quantitative estimate of drug-likeness (QED) is 0.750. The summed E-state index contributed by atoms with van der Waals surface area (Å²) in [5.74, 6) is 0.275. The molecule has 0 bridgehead atoms. The molecule has 0 aliphatic heterocycles. The third kappa shape index (κ3) is 1.52. The van der Waals surface area contributed by atoms with Crippen LogP contribution < -0.4 is 0 Å². The summed E-state index contributed by atoms with van der Waals surface area (Å²) in [4.78, 5) is 11.9. The zero-order chi connectivity index (χ0) is 12.0. The molecule has 0 saturated carbocycles. The summed E-state index contributed by atoms with van der Waals surface area (Å²) in [6.45, 7) is 2.04. The van der Waals surface area contributed by atoms with E-state index in [1.807, 2.05) is 32.4 Å². The highest BCUT2D eigenvalue weighted by molar-refractivity contribution is 5.98. The maximum Gasteiger partial charge on any atom is 0.164 e. The number of carbonyl (C=O) groups excluding carboxylic acids is 1. The van der Waals surface area contributed by atoms with Crippen molar-refractivity contribution in [2.75, 3.05) is 0 Å². The molecule has 0 unspecified atom stereocenters. The van der Waals surface area contributed by atoms with Crippen molar-refractivity contribution in [3.05, 3.63) is 35.4 Å². The smallest absolute Gasteiger partial charge is 0.164 e. The summed E-state index contributed by atoms with van der Waals surface area (Å²) in [5.41, 5.74) is 4.20. The highest BCUT2D eigenvalue weighted by Crippen LogP contribution is 2.27. The molecule has 0 N–H and O–H groups in total. The molecule has 0 radical (unpaired) electrons. The summed E-state index contributed by atoms with van der Waals surface area (Å²) in [6, 6.07) is 2.00. The molecule has 17 heavy (non-hydrogen) atoms. The number of aryl methyl sites for hydroxylation is 2. The van der Waals surface area contributed by atoms with E-state index in [0.717, 1.165) is 35.5 Å². The summed E-state index contributed by atoms with van der Waals surface area (Å²) in [7, 11) is 1.90. The predicted molar refractivity (Wildman–Crippen MR) is 64.5 cm³/mol. The number of nitrogens with zero attached hydrogens (tertiary/aromatic N) is 3. The number of rotatable bonds is 1. The fourth-order valence-corrected chi connectivity index (χ4v) is 2.61. The molecule has 88 valence electrons. The van der Waals surface area contributed by atoms with E-state index in [2.05, 4.69) is 9.67 Å². The summed E-state index contributed by atoms with van der Waals surface area (Å²) in [6.07, 6.45) is 6.43. The normalized spacial score (nSPS) is 15.1. The monoisotopic (exact) mass is 229 g/mol. The minimum Gasteiger partial charge on any atom is -0.315 e. The van der Waals surface area contributed by atoms with Gasteiger partial charge in [-0.25, -0.2) is 0 Å². The Labute approximate surface area is 99.9 Å². The average Bonchev–Trinajstić information content (AvgIpc) is 2.82. The van der Waals surface area contributed by atoms with E-state index in [1.54, 1.807) is 4.68 Å². The Morgan fingerprint density at radius 3 is 2.88 bits per heavy atom. The van der Waals surface area contributed by atoms with Gasteiger partial charge >= 0.3 is 0 Å². The van der Waals surface area contributed by atoms with E-state index < -0.39 is 0 Å². The second kappa shape index (κ2) is 3.58. The van der Waals surface area contributed by atoms with Crippen molar-refractivity contribution in [3.8, 4) is 5.69 Å². The van der Waals surface area contributed by atoms with Crippen LogP contribution in [0.2, 0.25) is 0 Å². The third-order valence-corrected chi connectivity index (χ3v) is 3.35. The van der Waals surface area contributed by atoms with Crippen molar-refractivity contribution in [2.45, 2.75) is 26.2 Å². The molecule has 0 atom stereocenters. The van der Waals surface area contributed by atoms with Gasteiger partial charge in [-0.2, -0.15) is 5.10 Å². The number of aromatic nitrogens is 3. The lowest BCUT2D eigenvalue weighted by molar-refractivity contribution is 0.0972. The lowest BCUT2D eigenvalue weighted by atomic mass is 9.96. The van der Waals surface area contributed by atoms with Crippen LogP contribution in [0.5, 0.6) is 0 Å². The molecule has 2 heterocycles. The number of hydrogen-bond donors (Lipinski definition) is 0. The molecule has 2 aromatic rings. The standard InChI is InChI=1S/C13H15N3O/c1-9-6-11-12(4-3-5-13(11)17)16(9)10-7-14-15(2)8-10/h6-8H,3-5H2,1-2H3. The second-order valence-corrected chi connectivity index (χ2v) is 4.63. The molecule has 3 rings (SSSR count). The molecule has 0 aromatic carbocycles. The van der Waals surface area contributed by atoms with Crippen LogP contribution in [0, 0.1) is 6.92 Å². The Balaban J connectivity index is 2.20. The van der Waals surface area contributed by atoms with Crippen molar-refractivity contribution < 1.29 is 4.79 Å². The van der Waals surface area contributed by atoms with Crippen LogP contribution in [0.25, 0.3) is 5.69 Å². The number of ketones is 1. The topological polar surface area (TPSA) is 39.8 Å². The van der Waals surface area contributed by atoms with Crippen LogP contribution in [-0.2, 0) is 13.5 Å². The highest BCUT2D eigenvalue weighted by Gasteiger charge is 2.23. The van der Waals surface area contributed by atoms with E-state index in [4.69, 9.17) is 0 Å². The Kier molecular flexibility index (Phi) is 2.18. The van der Waals surface area contributed by atoms with Gasteiger partial charge in [0.2, 0.25) is 0 Å². The van der Waals surface area contributed by atoms with Gasteiger partial charge in [0.15, 0.2) is 5.78 Å². The SMILES string of the molecule is Cc1cc2c(n1-c1cnn(C)c1)CCCC2=O. The highest BCUT2D eigenvalue weighted by atomic mass is 16.1. The van der Waals surface area contributed by atoms with E-state index in [0.29, 0.717) is 6.42 Å². The van der Waals surface area contributed by atoms with E-state index in [9.17, 15) is 4.79 Å². The van der Waals surface area contributed by atoms with Crippen LogP contribution in [0.3, 0.4) is 0 Å². The third-order valence-electron chi connectivity index (χ3n) is 3.35. The van der Waals surface area contributed by atoms with E-state index >= 15 is 0 Å². The molecule has 1 aliphatic rings. The average molecular weight is 229 g/mol. The second-order valence-electron chi connectivity index (χ2n) is 4.63.